The number of rotatable bonds is 7. The zero-order valence-corrected chi connectivity index (χ0v) is 9.55. The van der Waals surface area contributed by atoms with Crippen molar-refractivity contribution in [1.29, 1.82) is 0 Å². The molecule has 1 atom stereocenters. The van der Waals surface area contributed by atoms with Gasteiger partial charge in [0.25, 0.3) is 0 Å². The van der Waals surface area contributed by atoms with E-state index in [2.05, 4.69) is 36.6 Å². The Morgan fingerprint density at radius 2 is 2.07 bits per heavy atom. The van der Waals surface area contributed by atoms with E-state index < -0.39 is 0 Å². The van der Waals surface area contributed by atoms with Crippen molar-refractivity contribution in [3.05, 3.63) is 12.2 Å². The monoisotopic (exact) mass is 196 g/mol. The van der Waals surface area contributed by atoms with Crippen LogP contribution in [0.25, 0.3) is 0 Å². The molecular formula is C12H24N2. The lowest BCUT2D eigenvalue weighted by molar-refractivity contribution is 0.438. The van der Waals surface area contributed by atoms with Crippen LogP contribution >= 0.6 is 0 Å². The molecular weight excluding hydrogens is 172 g/mol. The number of hydrogen-bond donors (Lipinski definition) is 2. The van der Waals surface area contributed by atoms with Gasteiger partial charge in [-0.3, -0.25) is 0 Å². The van der Waals surface area contributed by atoms with Gasteiger partial charge in [-0.2, -0.15) is 0 Å². The molecule has 0 radical (unpaired) electrons. The molecule has 0 aromatic carbocycles. The van der Waals surface area contributed by atoms with E-state index in [0.29, 0.717) is 6.04 Å². The van der Waals surface area contributed by atoms with Crippen LogP contribution in [0.3, 0.4) is 0 Å². The summed E-state index contributed by atoms with van der Waals surface area (Å²) in [6.07, 6.45) is 8.35. The van der Waals surface area contributed by atoms with Crippen LogP contribution in [0.1, 0.15) is 33.1 Å². The standard InChI is InChI=1S/C12H24N2/c1-3-8-13-9-11(2)14-10-12-6-4-5-7-12/h4-5,11-14H,3,6-10H2,1-2H3. The van der Waals surface area contributed by atoms with Crippen LogP contribution in [0.5, 0.6) is 0 Å². The molecule has 1 rings (SSSR count). The van der Waals surface area contributed by atoms with E-state index in [1.54, 1.807) is 0 Å². The first-order valence-corrected chi connectivity index (χ1v) is 5.92. The molecule has 0 saturated heterocycles. The Balaban J connectivity index is 1.94. The smallest absolute Gasteiger partial charge is 0.0164 e. The molecule has 2 N–H and O–H groups in total. The second-order valence-electron chi connectivity index (χ2n) is 4.32. The molecule has 0 aliphatic heterocycles. The summed E-state index contributed by atoms with van der Waals surface area (Å²) in [5, 5.41) is 7.01. The van der Waals surface area contributed by atoms with E-state index >= 15 is 0 Å². The minimum atomic E-state index is 0.599. The third-order valence-corrected chi connectivity index (χ3v) is 2.74. The van der Waals surface area contributed by atoms with Crippen molar-refractivity contribution in [1.82, 2.24) is 10.6 Å². The van der Waals surface area contributed by atoms with Gasteiger partial charge in [0.1, 0.15) is 0 Å². The summed E-state index contributed by atoms with van der Waals surface area (Å²) in [7, 11) is 0. The molecule has 0 fully saturated rings. The predicted octanol–water partition coefficient (Wildman–Crippen LogP) is 1.93. The van der Waals surface area contributed by atoms with Crippen LogP contribution in [-0.4, -0.2) is 25.7 Å². The summed E-state index contributed by atoms with van der Waals surface area (Å²) in [6.45, 7) is 7.85. The fourth-order valence-electron chi connectivity index (χ4n) is 1.78. The third-order valence-electron chi connectivity index (χ3n) is 2.74. The zero-order valence-electron chi connectivity index (χ0n) is 9.55. The van der Waals surface area contributed by atoms with Gasteiger partial charge < -0.3 is 10.6 Å². The van der Waals surface area contributed by atoms with E-state index in [-0.39, 0.29) is 0 Å². The van der Waals surface area contributed by atoms with Crippen molar-refractivity contribution < 1.29 is 0 Å². The van der Waals surface area contributed by atoms with Gasteiger partial charge in [0.2, 0.25) is 0 Å². The molecule has 1 aliphatic rings. The van der Waals surface area contributed by atoms with E-state index in [9.17, 15) is 0 Å². The third kappa shape index (κ3) is 4.77. The maximum Gasteiger partial charge on any atom is 0.0164 e. The highest BCUT2D eigenvalue weighted by Gasteiger charge is 2.10. The molecule has 0 bridgehead atoms. The van der Waals surface area contributed by atoms with Gasteiger partial charge in [-0.15, -0.1) is 0 Å². The molecule has 14 heavy (non-hydrogen) atoms. The summed E-state index contributed by atoms with van der Waals surface area (Å²) < 4.78 is 0. The van der Waals surface area contributed by atoms with Crippen molar-refractivity contribution in [3.8, 4) is 0 Å². The van der Waals surface area contributed by atoms with Crippen LogP contribution in [0, 0.1) is 5.92 Å². The van der Waals surface area contributed by atoms with Gasteiger partial charge in [0.15, 0.2) is 0 Å². The van der Waals surface area contributed by atoms with E-state index in [1.807, 2.05) is 0 Å². The van der Waals surface area contributed by atoms with E-state index in [0.717, 1.165) is 19.0 Å². The topological polar surface area (TPSA) is 24.1 Å². The van der Waals surface area contributed by atoms with Gasteiger partial charge in [-0.05, 0) is 45.2 Å². The highest BCUT2D eigenvalue weighted by Crippen LogP contribution is 2.16. The SMILES string of the molecule is CCCNCC(C)NCC1CC=CC1. The quantitative estimate of drug-likeness (QED) is 0.480. The first-order valence-electron chi connectivity index (χ1n) is 5.92. The lowest BCUT2D eigenvalue weighted by Gasteiger charge is -2.17. The van der Waals surface area contributed by atoms with Crippen LogP contribution < -0.4 is 10.6 Å². The lowest BCUT2D eigenvalue weighted by Crippen LogP contribution is -2.38. The highest BCUT2D eigenvalue weighted by molar-refractivity contribution is 4.94. The van der Waals surface area contributed by atoms with Crippen molar-refractivity contribution in [3.63, 3.8) is 0 Å². The molecule has 2 nitrogen and oxygen atoms in total. The normalized spacial score (nSPS) is 19.0. The van der Waals surface area contributed by atoms with Crippen LogP contribution in [0.2, 0.25) is 0 Å². The van der Waals surface area contributed by atoms with Crippen molar-refractivity contribution in [2.45, 2.75) is 39.2 Å². The average Bonchev–Trinajstić information content (AvgIpc) is 2.68. The molecule has 0 saturated carbocycles. The van der Waals surface area contributed by atoms with Crippen LogP contribution in [0.15, 0.2) is 12.2 Å². The summed E-state index contributed by atoms with van der Waals surface area (Å²) in [6, 6.07) is 0.599. The van der Waals surface area contributed by atoms with Crippen LogP contribution in [-0.2, 0) is 0 Å². The number of nitrogens with one attached hydrogen (secondary N) is 2. The molecule has 1 unspecified atom stereocenters. The largest absolute Gasteiger partial charge is 0.315 e. The van der Waals surface area contributed by atoms with Crippen molar-refractivity contribution in [2.24, 2.45) is 5.92 Å². The molecule has 82 valence electrons. The van der Waals surface area contributed by atoms with Gasteiger partial charge in [-0.1, -0.05) is 19.1 Å². The predicted molar refractivity (Wildman–Crippen MR) is 62.5 cm³/mol. The Morgan fingerprint density at radius 1 is 1.36 bits per heavy atom. The highest BCUT2D eigenvalue weighted by atomic mass is 15.0. The molecule has 0 aromatic heterocycles. The molecule has 0 heterocycles. The van der Waals surface area contributed by atoms with Gasteiger partial charge in [0.05, 0.1) is 0 Å². The van der Waals surface area contributed by atoms with E-state index in [1.165, 1.54) is 25.8 Å². The number of hydrogen-bond acceptors (Lipinski definition) is 2. The minimum absolute atomic E-state index is 0.599. The number of allylic oxidation sites excluding steroid dienone is 2. The Hall–Kier alpha value is -0.340. The lowest BCUT2D eigenvalue weighted by atomic mass is 10.1. The second kappa shape index (κ2) is 7.02. The fraction of sp³-hybridized carbons (Fsp3) is 0.833. The van der Waals surface area contributed by atoms with Crippen molar-refractivity contribution in [2.75, 3.05) is 19.6 Å². The summed E-state index contributed by atoms with van der Waals surface area (Å²) in [5.41, 5.74) is 0. The van der Waals surface area contributed by atoms with Gasteiger partial charge in [0, 0.05) is 12.6 Å². The Morgan fingerprint density at radius 3 is 2.71 bits per heavy atom. The van der Waals surface area contributed by atoms with E-state index in [4.69, 9.17) is 0 Å². The van der Waals surface area contributed by atoms with Gasteiger partial charge >= 0.3 is 0 Å². The minimum Gasteiger partial charge on any atom is -0.315 e. The summed E-state index contributed by atoms with van der Waals surface area (Å²) >= 11 is 0. The molecule has 0 amide bonds. The Kier molecular flexibility index (Phi) is 5.88. The molecule has 1 aliphatic carbocycles. The average molecular weight is 196 g/mol. The first kappa shape index (κ1) is 11.7. The first-order chi connectivity index (χ1) is 6.83. The fourth-order valence-corrected chi connectivity index (χ4v) is 1.78. The molecule has 0 aromatic rings. The molecule has 2 heteroatoms. The Bertz CT molecular complexity index is 158. The second-order valence-corrected chi connectivity index (χ2v) is 4.32. The molecule has 0 spiro atoms. The zero-order chi connectivity index (χ0) is 10.2. The Labute approximate surface area is 88.2 Å². The van der Waals surface area contributed by atoms with Gasteiger partial charge in [-0.25, -0.2) is 0 Å². The maximum atomic E-state index is 3.58. The maximum absolute atomic E-state index is 3.58. The van der Waals surface area contributed by atoms with Crippen molar-refractivity contribution >= 4 is 0 Å². The summed E-state index contributed by atoms with van der Waals surface area (Å²) in [5.74, 6) is 0.851. The van der Waals surface area contributed by atoms with Crippen LogP contribution in [0.4, 0.5) is 0 Å². The summed E-state index contributed by atoms with van der Waals surface area (Å²) in [4.78, 5) is 0.